The van der Waals surface area contributed by atoms with Gasteiger partial charge in [-0.1, -0.05) is 38.3 Å². The number of unbranched alkanes of at least 4 members (excludes halogenated alkanes) is 3. The van der Waals surface area contributed by atoms with Gasteiger partial charge in [0, 0.05) is 28.2 Å². The molecule has 2 aromatic heterocycles. The second-order valence-corrected chi connectivity index (χ2v) is 9.09. The molecule has 0 bridgehead atoms. The fourth-order valence-electron chi connectivity index (χ4n) is 2.69. The van der Waals surface area contributed by atoms with E-state index in [4.69, 9.17) is 0 Å². The number of benzene rings is 1. The van der Waals surface area contributed by atoms with Crippen LogP contribution in [0.4, 0.5) is 5.69 Å². The van der Waals surface area contributed by atoms with Gasteiger partial charge in [0.2, 0.25) is 0 Å². The molecular formula is C19H23ClN2O2S2. The Labute approximate surface area is 165 Å². The van der Waals surface area contributed by atoms with Crippen molar-refractivity contribution in [3.8, 4) is 0 Å². The number of hydrogen-bond acceptors (Lipinski definition) is 4. The molecule has 0 saturated heterocycles. The molecule has 0 unspecified atom stereocenters. The summed E-state index contributed by atoms with van der Waals surface area (Å²) < 4.78 is 29.0. The summed E-state index contributed by atoms with van der Waals surface area (Å²) in [6, 6.07) is 11.2. The lowest BCUT2D eigenvalue weighted by Crippen LogP contribution is -2.11. The quantitative estimate of drug-likeness (QED) is 0.488. The number of thiophene rings is 1. The van der Waals surface area contributed by atoms with Crippen LogP contribution in [0.2, 0.25) is 0 Å². The van der Waals surface area contributed by atoms with E-state index in [0.717, 1.165) is 16.5 Å². The molecule has 0 atom stereocenters. The zero-order chi connectivity index (χ0) is 17.7. The first-order chi connectivity index (χ1) is 12.1. The molecule has 1 N–H and O–H groups in total. The zero-order valence-corrected chi connectivity index (χ0v) is 17.1. The Balaban J connectivity index is 0.00000243. The van der Waals surface area contributed by atoms with E-state index >= 15 is 0 Å². The van der Waals surface area contributed by atoms with Gasteiger partial charge in [-0.2, -0.15) is 0 Å². The third kappa shape index (κ3) is 5.19. The molecule has 1 aromatic carbocycles. The lowest BCUT2D eigenvalue weighted by Gasteiger charge is -2.07. The van der Waals surface area contributed by atoms with E-state index < -0.39 is 10.0 Å². The summed E-state index contributed by atoms with van der Waals surface area (Å²) in [6.07, 6.45) is 9.30. The van der Waals surface area contributed by atoms with Crippen molar-refractivity contribution in [2.24, 2.45) is 0 Å². The number of halogens is 1. The molecule has 7 heteroatoms. The molecule has 0 aliphatic rings. The molecule has 4 nitrogen and oxygen atoms in total. The molecule has 26 heavy (non-hydrogen) atoms. The van der Waals surface area contributed by atoms with Crippen molar-refractivity contribution in [1.29, 1.82) is 0 Å². The number of hydrogen-bond donors (Lipinski definition) is 1. The fourth-order valence-corrected chi connectivity index (χ4v) is 5.12. The summed E-state index contributed by atoms with van der Waals surface area (Å²) in [5.41, 5.74) is 1.83. The molecule has 140 valence electrons. The number of anilines is 1. The van der Waals surface area contributed by atoms with Crippen LogP contribution >= 0.6 is 23.7 Å². The van der Waals surface area contributed by atoms with Gasteiger partial charge in [0.25, 0.3) is 10.0 Å². The number of rotatable bonds is 8. The van der Waals surface area contributed by atoms with Crippen molar-refractivity contribution in [2.45, 2.75) is 43.2 Å². The number of sulfonamides is 1. The third-order valence-electron chi connectivity index (χ3n) is 4.08. The molecule has 0 aliphatic heterocycles. The maximum Gasteiger partial charge on any atom is 0.271 e. The third-order valence-corrected chi connectivity index (χ3v) is 7.06. The Hall–Kier alpha value is -1.63. The Kier molecular flexibility index (Phi) is 7.43. The highest BCUT2D eigenvalue weighted by Gasteiger charge is 2.17. The SMILES string of the molecule is CCCCCCc1ccc(NS(=O)(=O)c2cc3cnccc3s2)cc1.Cl. The molecule has 0 radical (unpaired) electrons. The van der Waals surface area contributed by atoms with Crippen molar-refractivity contribution in [2.75, 3.05) is 4.72 Å². The lowest BCUT2D eigenvalue weighted by molar-refractivity contribution is 0.603. The van der Waals surface area contributed by atoms with Gasteiger partial charge in [0.1, 0.15) is 4.21 Å². The van der Waals surface area contributed by atoms with Gasteiger partial charge >= 0.3 is 0 Å². The first-order valence-corrected chi connectivity index (χ1v) is 10.8. The molecular weight excluding hydrogens is 388 g/mol. The summed E-state index contributed by atoms with van der Waals surface area (Å²) in [6.45, 7) is 2.20. The van der Waals surface area contributed by atoms with Crippen LogP contribution in [0.5, 0.6) is 0 Å². The molecule has 3 aromatic rings. The van der Waals surface area contributed by atoms with E-state index in [0.29, 0.717) is 9.90 Å². The summed E-state index contributed by atoms with van der Waals surface area (Å²) in [7, 11) is -3.57. The fraction of sp³-hybridized carbons (Fsp3) is 0.316. The van der Waals surface area contributed by atoms with Crippen molar-refractivity contribution in [3.63, 3.8) is 0 Å². The maximum absolute atomic E-state index is 12.6. The molecule has 0 saturated carbocycles. The number of nitrogens with one attached hydrogen (secondary N) is 1. The lowest BCUT2D eigenvalue weighted by atomic mass is 10.1. The van der Waals surface area contributed by atoms with E-state index in [9.17, 15) is 8.42 Å². The summed E-state index contributed by atoms with van der Waals surface area (Å²) >= 11 is 1.25. The van der Waals surface area contributed by atoms with Gasteiger partial charge in [0.15, 0.2) is 0 Å². The van der Waals surface area contributed by atoms with E-state index in [1.54, 1.807) is 18.5 Å². The van der Waals surface area contributed by atoms with Crippen LogP contribution in [0.1, 0.15) is 38.2 Å². The molecule has 0 fully saturated rings. The van der Waals surface area contributed by atoms with Crippen molar-refractivity contribution in [1.82, 2.24) is 4.98 Å². The molecule has 0 aliphatic carbocycles. The number of aryl methyl sites for hydroxylation is 1. The van der Waals surface area contributed by atoms with Gasteiger partial charge in [-0.25, -0.2) is 8.42 Å². The van der Waals surface area contributed by atoms with Crippen molar-refractivity contribution < 1.29 is 8.42 Å². The van der Waals surface area contributed by atoms with Crippen LogP contribution < -0.4 is 4.72 Å². The average molecular weight is 411 g/mol. The number of aromatic nitrogens is 1. The Bertz CT molecular complexity index is 905. The topological polar surface area (TPSA) is 59.1 Å². The first kappa shape index (κ1) is 20.7. The summed E-state index contributed by atoms with van der Waals surface area (Å²) in [5.74, 6) is 0. The van der Waals surface area contributed by atoms with Crippen LogP contribution in [-0.4, -0.2) is 13.4 Å². The predicted molar refractivity (Wildman–Crippen MR) is 112 cm³/mol. The molecule has 2 heterocycles. The Morgan fingerprint density at radius 3 is 2.54 bits per heavy atom. The van der Waals surface area contributed by atoms with Crippen molar-refractivity contribution >= 4 is 49.5 Å². The number of fused-ring (bicyclic) bond motifs is 1. The van der Waals surface area contributed by atoms with Gasteiger partial charge in [-0.15, -0.1) is 23.7 Å². The second-order valence-electron chi connectivity index (χ2n) is 6.09. The highest BCUT2D eigenvalue weighted by atomic mass is 35.5. The van der Waals surface area contributed by atoms with Gasteiger partial charge < -0.3 is 0 Å². The van der Waals surface area contributed by atoms with E-state index in [1.807, 2.05) is 30.3 Å². The molecule has 3 rings (SSSR count). The van der Waals surface area contributed by atoms with Crippen LogP contribution in [0.3, 0.4) is 0 Å². The minimum Gasteiger partial charge on any atom is -0.279 e. The normalized spacial score (nSPS) is 11.3. The monoisotopic (exact) mass is 410 g/mol. The average Bonchev–Trinajstić information content (AvgIpc) is 3.05. The van der Waals surface area contributed by atoms with E-state index in [-0.39, 0.29) is 12.4 Å². The van der Waals surface area contributed by atoms with Crippen LogP contribution in [0, 0.1) is 0 Å². The largest absolute Gasteiger partial charge is 0.279 e. The first-order valence-electron chi connectivity index (χ1n) is 8.54. The smallest absolute Gasteiger partial charge is 0.271 e. The second kappa shape index (κ2) is 9.35. The summed E-state index contributed by atoms with van der Waals surface area (Å²) in [4.78, 5) is 4.03. The van der Waals surface area contributed by atoms with Crippen LogP contribution in [0.25, 0.3) is 10.1 Å². The van der Waals surface area contributed by atoms with E-state index in [1.165, 1.54) is 42.6 Å². The maximum atomic E-state index is 12.6. The zero-order valence-electron chi connectivity index (χ0n) is 14.6. The van der Waals surface area contributed by atoms with Gasteiger partial charge in [-0.05, 0) is 42.7 Å². The van der Waals surface area contributed by atoms with E-state index in [2.05, 4.69) is 16.6 Å². The minimum atomic E-state index is -3.57. The highest BCUT2D eigenvalue weighted by molar-refractivity contribution is 7.94. The number of pyridine rings is 1. The molecule has 0 amide bonds. The Morgan fingerprint density at radius 2 is 1.85 bits per heavy atom. The van der Waals surface area contributed by atoms with Gasteiger partial charge in [-0.3, -0.25) is 9.71 Å². The standard InChI is InChI=1S/C19H22N2O2S2.ClH/c1-2-3-4-5-6-15-7-9-17(10-8-15)21-25(22,23)19-13-16-14-20-12-11-18(16)24-19;/h7-14,21H,2-6H2,1H3;1H. The molecule has 0 spiro atoms. The highest BCUT2D eigenvalue weighted by Crippen LogP contribution is 2.29. The Morgan fingerprint density at radius 1 is 1.08 bits per heavy atom. The van der Waals surface area contributed by atoms with Crippen LogP contribution in [0.15, 0.2) is 53.0 Å². The summed E-state index contributed by atoms with van der Waals surface area (Å²) in [5, 5.41) is 0.843. The number of nitrogens with zero attached hydrogens (tertiary/aromatic N) is 1. The predicted octanol–water partition coefficient (Wildman–Crippen LogP) is 5.64. The van der Waals surface area contributed by atoms with Gasteiger partial charge in [0.05, 0.1) is 0 Å². The van der Waals surface area contributed by atoms with Crippen LogP contribution in [-0.2, 0) is 16.4 Å². The van der Waals surface area contributed by atoms with Crippen molar-refractivity contribution in [3.05, 3.63) is 54.4 Å². The minimum absolute atomic E-state index is 0.